The molecule has 170 valence electrons. The number of hydrogen-bond acceptors (Lipinski definition) is 4. The molecule has 1 aromatic heterocycles. The van der Waals surface area contributed by atoms with E-state index in [2.05, 4.69) is 48.8 Å². The molecule has 2 heterocycles. The van der Waals surface area contributed by atoms with Gasteiger partial charge in [0.1, 0.15) is 11.6 Å². The summed E-state index contributed by atoms with van der Waals surface area (Å²) >= 11 is 0. The second kappa shape index (κ2) is 8.84. The summed E-state index contributed by atoms with van der Waals surface area (Å²) in [4.78, 5) is 27.5. The fourth-order valence-electron chi connectivity index (χ4n) is 5.03. The van der Waals surface area contributed by atoms with E-state index in [0.29, 0.717) is 11.8 Å². The summed E-state index contributed by atoms with van der Waals surface area (Å²) in [6, 6.07) is 6.72. The van der Waals surface area contributed by atoms with Crippen LogP contribution in [0.2, 0.25) is 0 Å². The Morgan fingerprint density at radius 3 is 2.41 bits per heavy atom. The van der Waals surface area contributed by atoms with Crippen molar-refractivity contribution in [2.75, 3.05) is 31.1 Å². The van der Waals surface area contributed by atoms with Crippen molar-refractivity contribution >= 4 is 11.7 Å². The molecule has 0 radical (unpaired) electrons. The number of carbonyl (C=O) groups excluding carboxylic acids is 1. The van der Waals surface area contributed by atoms with Gasteiger partial charge in [-0.25, -0.2) is 9.97 Å². The van der Waals surface area contributed by atoms with Crippen molar-refractivity contribution in [1.29, 1.82) is 0 Å². The maximum Gasteiger partial charge on any atom is 0.225 e. The summed E-state index contributed by atoms with van der Waals surface area (Å²) in [5.41, 5.74) is 6.47. The Labute approximate surface area is 192 Å². The number of aryl methyl sites for hydroxylation is 3. The molecule has 1 amide bonds. The van der Waals surface area contributed by atoms with Crippen LogP contribution in [0.3, 0.4) is 0 Å². The molecule has 32 heavy (non-hydrogen) atoms. The van der Waals surface area contributed by atoms with Crippen molar-refractivity contribution in [3.63, 3.8) is 0 Å². The lowest BCUT2D eigenvalue weighted by atomic mass is 9.84. The highest BCUT2D eigenvalue weighted by Crippen LogP contribution is 2.40. The van der Waals surface area contributed by atoms with E-state index < -0.39 is 0 Å². The van der Waals surface area contributed by atoms with Gasteiger partial charge in [-0.3, -0.25) is 4.79 Å². The van der Waals surface area contributed by atoms with Gasteiger partial charge in [0.25, 0.3) is 0 Å². The smallest absolute Gasteiger partial charge is 0.225 e. The van der Waals surface area contributed by atoms with Crippen molar-refractivity contribution in [2.24, 2.45) is 5.92 Å². The lowest BCUT2D eigenvalue weighted by molar-refractivity contribution is -0.138. The van der Waals surface area contributed by atoms with Gasteiger partial charge in [0.05, 0.1) is 0 Å². The highest BCUT2D eigenvalue weighted by molar-refractivity contribution is 5.80. The van der Waals surface area contributed by atoms with Gasteiger partial charge in [-0.05, 0) is 57.1 Å². The molecule has 1 aliphatic heterocycles. The number of rotatable bonds is 6. The van der Waals surface area contributed by atoms with Crippen molar-refractivity contribution in [2.45, 2.75) is 71.6 Å². The Bertz CT molecular complexity index is 1000. The van der Waals surface area contributed by atoms with E-state index in [1.54, 1.807) is 0 Å². The van der Waals surface area contributed by atoms with E-state index in [0.717, 1.165) is 63.5 Å². The molecule has 1 saturated heterocycles. The van der Waals surface area contributed by atoms with Crippen molar-refractivity contribution in [3.8, 4) is 0 Å². The number of aromatic nitrogens is 2. The maximum atomic E-state index is 12.7. The minimum Gasteiger partial charge on any atom is -0.353 e. The molecule has 5 rings (SSSR count). The third-order valence-corrected chi connectivity index (χ3v) is 7.58. The van der Waals surface area contributed by atoms with Crippen molar-refractivity contribution < 1.29 is 4.79 Å². The van der Waals surface area contributed by atoms with Gasteiger partial charge in [-0.15, -0.1) is 0 Å². The normalized spacial score (nSPS) is 19.2. The Hall–Kier alpha value is -2.43. The van der Waals surface area contributed by atoms with E-state index in [4.69, 9.17) is 9.97 Å². The van der Waals surface area contributed by atoms with E-state index >= 15 is 0 Å². The second-order valence-corrected chi connectivity index (χ2v) is 10.0. The van der Waals surface area contributed by atoms with Crippen LogP contribution >= 0.6 is 0 Å². The molecule has 5 heteroatoms. The van der Waals surface area contributed by atoms with Gasteiger partial charge in [-0.1, -0.05) is 37.1 Å². The van der Waals surface area contributed by atoms with Crippen LogP contribution < -0.4 is 4.90 Å². The summed E-state index contributed by atoms with van der Waals surface area (Å²) in [5, 5.41) is 0. The predicted molar refractivity (Wildman–Crippen MR) is 128 cm³/mol. The van der Waals surface area contributed by atoms with E-state index in [1.807, 2.05) is 0 Å². The molecule has 0 unspecified atom stereocenters. The lowest BCUT2D eigenvalue weighted by Gasteiger charge is -2.39. The summed E-state index contributed by atoms with van der Waals surface area (Å²) < 4.78 is 0. The van der Waals surface area contributed by atoms with Crippen LogP contribution in [-0.4, -0.2) is 47.0 Å². The van der Waals surface area contributed by atoms with Crippen LogP contribution in [-0.2, 0) is 17.6 Å². The zero-order chi connectivity index (χ0) is 22.2. The number of nitrogens with zero attached hydrogens (tertiary/aromatic N) is 4. The van der Waals surface area contributed by atoms with Crippen LogP contribution in [0.5, 0.6) is 0 Å². The van der Waals surface area contributed by atoms with Crippen LogP contribution in [0.15, 0.2) is 18.2 Å². The molecule has 0 bridgehead atoms. The topological polar surface area (TPSA) is 49.3 Å². The first-order valence-corrected chi connectivity index (χ1v) is 12.5. The first-order valence-electron chi connectivity index (χ1n) is 12.5. The minimum absolute atomic E-state index is 0.286. The number of piperazine rings is 1. The van der Waals surface area contributed by atoms with Gasteiger partial charge in [0.15, 0.2) is 0 Å². The minimum atomic E-state index is 0.286. The molecule has 0 N–H and O–H groups in total. The summed E-state index contributed by atoms with van der Waals surface area (Å²) in [5.74, 6) is 3.36. The standard InChI is InChI=1S/C27H36N4O/c1-4-24-23(17-22-16-18(2)8-9-19(22)3)26(29-25(28-24)20-10-11-20)30-12-14-31(15-13-30)27(32)21-6-5-7-21/h8-9,16,20-21H,4-7,10-15,17H2,1-3H3. The van der Waals surface area contributed by atoms with Gasteiger partial charge in [0, 0.05) is 55.7 Å². The summed E-state index contributed by atoms with van der Waals surface area (Å²) in [6.45, 7) is 9.92. The summed E-state index contributed by atoms with van der Waals surface area (Å²) in [6.07, 6.45) is 7.59. The monoisotopic (exact) mass is 432 g/mol. The Morgan fingerprint density at radius 2 is 1.78 bits per heavy atom. The molecule has 0 spiro atoms. The fraction of sp³-hybridized carbons (Fsp3) is 0.593. The lowest BCUT2D eigenvalue weighted by Crippen LogP contribution is -2.51. The third kappa shape index (κ3) is 4.26. The molecule has 2 saturated carbocycles. The van der Waals surface area contributed by atoms with E-state index in [1.165, 1.54) is 47.2 Å². The number of amides is 1. The predicted octanol–water partition coefficient (Wildman–Crippen LogP) is 4.57. The second-order valence-electron chi connectivity index (χ2n) is 10.0. The molecular formula is C27H36N4O. The van der Waals surface area contributed by atoms with Crippen LogP contribution in [0, 0.1) is 19.8 Å². The first kappa shape index (κ1) is 21.4. The fourth-order valence-corrected chi connectivity index (χ4v) is 5.03. The van der Waals surface area contributed by atoms with E-state index in [-0.39, 0.29) is 5.92 Å². The zero-order valence-corrected chi connectivity index (χ0v) is 19.9. The SMILES string of the molecule is CCc1nc(C2CC2)nc(N2CCN(C(=O)C3CCC3)CC2)c1Cc1cc(C)ccc1C. The highest BCUT2D eigenvalue weighted by atomic mass is 16.2. The number of anilines is 1. The zero-order valence-electron chi connectivity index (χ0n) is 19.9. The number of hydrogen-bond donors (Lipinski definition) is 0. The van der Waals surface area contributed by atoms with Gasteiger partial charge < -0.3 is 9.80 Å². The Morgan fingerprint density at radius 1 is 1.03 bits per heavy atom. The number of benzene rings is 1. The highest BCUT2D eigenvalue weighted by Gasteiger charge is 2.33. The van der Waals surface area contributed by atoms with Crippen molar-refractivity contribution in [3.05, 3.63) is 52.0 Å². The molecule has 3 fully saturated rings. The van der Waals surface area contributed by atoms with Crippen LogP contribution in [0.1, 0.15) is 78.7 Å². The summed E-state index contributed by atoms with van der Waals surface area (Å²) in [7, 11) is 0. The molecule has 3 aliphatic rings. The third-order valence-electron chi connectivity index (χ3n) is 7.58. The molecule has 2 aliphatic carbocycles. The Balaban J connectivity index is 1.44. The van der Waals surface area contributed by atoms with Crippen LogP contribution in [0.25, 0.3) is 0 Å². The van der Waals surface area contributed by atoms with Gasteiger partial charge in [-0.2, -0.15) is 0 Å². The number of carbonyl (C=O) groups is 1. The van der Waals surface area contributed by atoms with E-state index in [9.17, 15) is 4.79 Å². The first-order chi connectivity index (χ1) is 15.5. The molecule has 1 aromatic carbocycles. The molecule has 2 aromatic rings. The molecule has 0 atom stereocenters. The Kier molecular flexibility index (Phi) is 5.92. The quantitative estimate of drug-likeness (QED) is 0.671. The maximum absolute atomic E-state index is 12.7. The average molecular weight is 433 g/mol. The average Bonchev–Trinajstić information content (AvgIpc) is 3.60. The van der Waals surface area contributed by atoms with Crippen molar-refractivity contribution in [1.82, 2.24) is 14.9 Å². The molecular weight excluding hydrogens is 396 g/mol. The molecule has 5 nitrogen and oxygen atoms in total. The van der Waals surface area contributed by atoms with Gasteiger partial charge >= 0.3 is 0 Å². The van der Waals surface area contributed by atoms with Crippen LogP contribution in [0.4, 0.5) is 5.82 Å². The van der Waals surface area contributed by atoms with Gasteiger partial charge in [0.2, 0.25) is 5.91 Å². The largest absolute Gasteiger partial charge is 0.353 e.